The molecule has 1 amide bonds. The normalized spacial score (nSPS) is 14.6. The van der Waals surface area contributed by atoms with Crippen LogP contribution in [-0.2, 0) is 14.3 Å². The molecule has 1 heterocycles. The molecule has 0 atom stereocenters. The number of benzene rings is 1. The Morgan fingerprint density at radius 2 is 1.96 bits per heavy atom. The third-order valence-corrected chi connectivity index (χ3v) is 4.70. The largest absolute Gasteiger partial charge is 0.573 e. The van der Waals surface area contributed by atoms with Crippen LogP contribution in [0, 0.1) is 0 Å². The number of methoxy groups -OCH3 is 1. The van der Waals surface area contributed by atoms with Crippen LogP contribution in [0.3, 0.4) is 0 Å². The molecule has 1 aromatic carbocycles. The van der Waals surface area contributed by atoms with Gasteiger partial charge in [-0.2, -0.15) is 0 Å². The molecule has 13 heteroatoms. The van der Waals surface area contributed by atoms with Gasteiger partial charge in [-0.05, 0) is 0 Å². The van der Waals surface area contributed by atoms with Gasteiger partial charge >= 0.3 is 12.3 Å². The summed E-state index contributed by atoms with van der Waals surface area (Å²) < 4.78 is 45.7. The van der Waals surface area contributed by atoms with Crippen LogP contribution in [-0.4, -0.2) is 55.1 Å². The van der Waals surface area contributed by atoms with Gasteiger partial charge in [0.2, 0.25) is 0 Å². The van der Waals surface area contributed by atoms with E-state index in [0.717, 1.165) is 18.1 Å². The van der Waals surface area contributed by atoms with Gasteiger partial charge in [0.25, 0.3) is 5.91 Å². The number of anilines is 1. The number of esters is 1. The number of β-amino-alcohol motifs (C(OH)–C–C–N with tert-alkyl or cyclic N) is 1. The van der Waals surface area contributed by atoms with Gasteiger partial charge in [-0.3, -0.25) is 4.79 Å². The molecule has 1 aromatic rings. The first kappa shape index (κ1) is 22.4. The average Bonchev–Trinajstić information content (AvgIpc) is 2.91. The molecular formula is C15H12Cl3F3N2O5. The number of nitrogens with zero attached hydrogens (tertiary/aromatic N) is 1. The van der Waals surface area contributed by atoms with Crippen molar-refractivity contribution < 1.29 is 37.3 Å². The highest BCUT2D eigenvalue weighted by atomic mass is 35.5. The smallest absolute Gasteiger partial charge is 0.466 e. The molecule has 0 fully saturated rings. The Kier molecular flexibility index (Phi) is 6.92. The second-order valence-electron chi connectivity index (χ2n) is 5.33. The number of ether oxygens (including phenoxy) is 2. The summed E-state index contributed by atoms with van der Waals surface area (Å²) in [6, 6.07) is 0.759. The Labute approximate surface area is 171 Å². The summed E-state index contributed by atoms with van der Waals surface area (Å²) in [6.45, 7) is -0.581. The third-order valence-electron chi connectivity index (χ3n) is 3.55. The van der Waals surface area contributed by atoms with Gasteiger partial charge in [-0.1, -0.05) is 34.8 Å². The minimum atomic E-state index is -5.03. The number of hydrogen-bond donors (Lipinski definition) is 2. The molecule has 1 aliphatic heterocycles. The van der Waals surface area contributed by atoms with Gasteiger partial charge in [0.1, 0.15) is 10.7 Å². The molecule has 1 aliphatic rings. The van der Waals surface area contributed by atoms with Crippen LogP contribution in [0.5, 0.6) is 5.75 Å². The number of aliphatic hydroxyl groups excluding tert-OH is 1. The first-order valence-corrected chi connectivity index (χ1v) is 8.55. The number of hydrogen-bond acceptors (Lipinski definition) is 6. The summed E-state index contributed by atoms with van der Waals surface area (Å²) in [5, 5.41) is 10.2. The number of halogens is 6. The van der Waals surface area contributed by atoms with Crippen molar-refractivity contribution in [1.82, 2.24) is 4.90 Å². The van der Waals surface area contributed by atoms with E-state index in [2.05, 4.69) is 14.8 Å². The zero-order valence-corrected chi connectivity index (χ0v) is 16.3. The summed E-state index contributed by atoms with van der Waals surface area (Å²) in [6.07, 6.45) is -5.03. The van der Waals surface area contributed by atoms with E-state index in [-0.39, 0.29) is 41.7 Å². The van der Waals surface area contributed by atoms with Gasteiger partial charge < -0.3 is 24.8 Å². The van der Waals surface area contributed by atoms with Crippen LogP contribution < -0.4 is 10.1 Å². The highest BCUT2D eigenvalue weighted by molar-refractivity contribution is 6.47. The number of carbonyl (C=O) groups is 2. The maximum absolute atomic E-state index is 12.5. The first-order valence-electron chi connectivity index (χ1n) is 7.42. The summed E-state index contributed by atoms with van der Waals surface area (Å²) in [5.74, 6) is -2.34. The van der Waals surface area contributed by atoms with Crippen LogP contribution in [0.1, 0.15) is 0 Å². The van der Waals surface area contributed by atoms with Gasteiger partial charge in [0.05, 0.1) is 41.6 Å². The fraction of sp³-hybridized carbons (Fsp3) is 0.333. The van der Waals surface area contributed by atoms with Crippen molar-refractivity contribution in [3.8, 4) is 5.75 Å². The lowest BCUT2D eigenvalue weighted by Gasteiger charge is -2.17. The Hall–Kier alpha value is -1.88. The van der Waals surface area contributed by atoms with E-state index in [1.54, 1.807) is 0 Å². The molecule has 0 saturated heterocycles. The lowest BCUT2D eigenvalue weighted by atomic mass is 10.2. The van der Waals surface area contributed by atoms with Crippen molar-refractivity contribution in [2.75, 3.05) is 32.1 Å². The minimum absolute atomic E-state index is 0.0644. The van der Waals surface area contributed by atoms with Crippen molar-refractivity contribution in [3.05, 3.63) is 32.4 Å². The molecule has 0 aromatic heterocycles. The fourth-order valence-corrected chi connectivity index (χ4v) is 3.08. The number of nitrogens with one attached hydrogen (secondary N) is 1. The Bertz CT molecular complexity index is 845. The summed E-state index contributed by atoms with van der Waals surface area (Å²) in [7, 11) is 1.10. The van der Waals surface area contributed by atoms with Crippen molar-refractivity contribution in [3.63, 3.8) is 0 Å². The number of alkyl halides is 3. The van der Waals surface area contributed by atoms with E-state index >= 15 is 0 Å². The van der Waals surface area contributed by atoms with Crippen LogP contribution in [0.15, 0.2) is 17.3 Å². The van der Waals surface area contributed by atoms with E-state index in [0.29, 0.717) is 0 Å². The SMILES string of the molecule is COC(=O)C1=C(Nc2c(Cl)cc(OC(F)(F)F)c(Cl)c2Cl)C(=O)N(CCO)C1. The highest BCUT2D eigenvalue weighted by Crippen LogP contribution is 2.45. The predicted molar refractivity (Wildman–Crippen MR) is 94.5 cm³/mol. The molecule has 2 rings (SSSR count). The van der Waals surface area contributed by atoms with Gasteiger partial charge in [-0.15, -0.1) is 13.2 Å². The lowest BCUT2D eigenvalue weighted by Crippen LogP contribution is -2.31. The van der Waals surface area contributed by atoms with Crippen molar-refractivity contribution in [2.45, 2.75) is 6.36 Å². The second-order valence-corrected chi connectivity index (χ2v) is 6.49. The molecule has 0 aliphatic carbocycles. The monoisotopic (exact) mass is 462 g/mol. The van der Waals surface area contributed by atoms with E-state index in [4.69, 9.17) is 39.9 Å². The standard InChI is InChI=1S/C15H12Cl3F3N2O5/c1-27-14(26)6-5-23(2-3-24)13(25)11(6)22-12-7(16)4-8(9(17)10(12)18)28-15(19,20)21/h4,22,24H,2-3,5H2,1H3. The zero-order chi connectivity index (χ0) is 21.2. The lowest BCUT2D eigenvalue weighted by molar-refractivity contribution is -0.274. The molecule has 0 radical (unpaired) electrons. The molecule has 2 N–H and O–H groups in total. The van der Waals surface area contributed by atoms with E-state index in [1.165, 1.54) is 0 Å². The van der Waals surface area contributed by atoms with Gasteiger partial charge in [0, 0.05) is 12.6 Å². The molecular weight excluding hydrogens is 452 g/mol. The number of rotatable bonds is 6. The first-order chi connectivity index (χ1) is 13.0. The molecule has 154 valence electrons. The fourth-order valence-electron chi connectivity index (χ4n) is 2.36. The molecule has 0 bridgehead atoms. The zero-order valence-electron chi connectivity index (χ0n) is 14.0. The van der Waals surface area contributed by atoms with Crippen LogP contribution in [0.4, 0.5) is 18.9 Å². The Morgan fingerprint density at radius 3 is 2.50 bits per heavy atom. The van der Waals surface area contributed by atoms with E-state index < -0.39 is 34.0 Å². The van der Waals surface area contributed by atoms with E-state index in [1.807, 2.05) is 0 Å². The summed E-state index contributed by atoms with van der Waals surface area (Å²) >= 11 is 17.8. The van der Waals surface area contributed by atoms with Crippen LogP contribution in [0.2, 0.25) is 15.1 Å². The maximum atomic E-state index is 12.5. The van der Waals surface area contributed by atoms with Gasteiger partial charge in [0.15, 0.2) is 5.75 Å². The molecule has 28 heavy (non-hydrogen) atoms. The quantitative estimate of drug-likeness (QED) is 0.498. The molecule has 0 spiro atoms. The van der Waals surface area contributed by atoms with Crippen molar-refractivity contribution in [2.24, 2.45) is 0 Å². The minimum Gasteiger partial charge on any atom is -0.466 e. The molecule has 0 unspecified atom stereocenters. The molecule has 0 saturated carbocycles. The third kappa shape index (κ3) is 4.75. The maximum Gasteiger partial charge on any atom is 0.573 e. The van der Waals surface area contributed by atoms with Crippen LogP contribution in [0.25, 0.3) is 0 Å². The van der Waals surface area contributed by atoms with Crippen molar-refractivity contribution >= 4 is 52.4 Å². The number of amides is 1. The van der Waals surface area contributed by atoms with Gasteiger partial charge in [-0.25, -0.2) is 4.79 Å². The Morgan fingerprint density at radius 1 is 1.32 bits per heavy atom. The Balaban J connectivity index is 2.46. The van der Waals surface area contributed by atoms with E-state index in [9.17, 15) is 22.8 Å². The van der Waals surface area contributed by atoms with Crippen molar-refractivity contribution in [1.29, 1.82) is 0 Å². The topological polar surface area (TPSA) is 88.1 Å². The predicted octanol–water partition coefficient (Wildman–Crippen LogP) is 3.22. The average molecular weight is 464 g/mol. The number of aliphatic hydroxyl groups is 1. The summed E-state index contributed by atoms with van der Waals surface area (Å²) in [5.41, 5.74) is -0.553. The number of carbonyl (C=O) groups excluding carboxylic acids is 2. The second kappa shape index (κ2) is 8.64. The summed E-state index contributed by atoms with van der Waals surface area (Å²) in [4.78, 5) is 25.6. The molecule has 7 nitrogen and oxygen atoms in total. The van der Waals surface area contributed by atoms with Crippen LogP contribution >= 0.6 is 34.8 Å². The highest BCUT2D eigenvalue weighted by Gasteiger charge is 2.36.